The standard InChI is InChI=1S/C24H38O5Si2/c1-21(2)24(26)28-17-9-19-30-29-31(20-10-16-27-18-15-25,22-11-5-3-6-12-22)23-13-7-4-8-14-23/h3-8,11,13,22-23,25H,1,9-10,12,14-20,30H2,2H3. The molecule has 0 saturated heterocycles. The van der Waals surface area contributed by atoms with E-state index in [2.05, 4.69) is 55.2 Å². The second kappa shape index (κ2) is 14.5. The van der Waals surface area contributed by atoms with Crippen molar-refractivity contribution in [3.8, 4) is 0 Å². The normalized spacial score (nSPS) is 22.1. The fourth-order valence-corrected chi connectivity index (χ4v) is 12.9. The lowest BCUT2D eigenvalue weighted by molar-refractivity contribution is -0.138. The monoisotopic (exact) mass is 462 g/mol. The van der Waals surface area contributed by atoms with Gasteiger partial charge in [-0.1, -0.05) is 55.2 Å². The molecule has 0 aliphatic heterocycles. The third-order valence-electron chi connectivity index (χ3n) is 5.80. The van der Waals surface area contributed by atoms with Crippen LogP contribution in [0.1, 0.15) is 32.6 Å². The Morgan fingerprint density at radius 1 is 1.06 bits per heavy atom. The minimum absolute atomic E-state index is 0.0637. The summed E-state index contributed by atoms with van der Waals surface area (Å²) in [7, 11) is -2.87. The molecule has 0 aromatic carbocycles. The van der Waals surface area contributed by atoms with Crippen LogP contribution in [-0.4, -0.2) is 55.6 Å². The molecule has 2 aliphatic rings. The Labute approximate surface area is 190 Å². The first-order chi connectivity index (χ1) is 15.1. The van der Waals surface area contributed by atoms with Crippen LogP contribution in [0.4, 0.5) is 0 Å². The Hall–Kier alpha value is -1.52. The molecule has 5 nitrogen and oxygen atoms in total. The zero-order valence-corrected chi connectivity index (χ0v) is 21.3. The lowest BCUT2D eigenvalue weighted by atomic mass is 10.2. The van der Waals surface area contributed by atoms with E-state index in [9.17, 15) is 4.79 Å². The summed E-state index contributed by atoms with van der Waals surface area (Å²) in [5.41, 5.74) is 1.37. The van der Waals surface area contributed by atoms with Gasteiger partial charge in [-0.15, -0.1) is 0 Å². The van der Waals surface area contributed by atoms with Crippen molar-refractivity contribution in [1.29, 1.82) is 0 Å². The van der Waals surface area contributed by atoms with Crippen LogP contribution in [-0.2, 0) is 18.4 Å². The minimum atomic E-state index is -2.13. The van der Waals surface area contributed by atoms with Gasteiger partial charge in [0.25, 0.3) is 0 Å². The van der Waals surface area contributed by atoms with Crippen molar-refractivity contribution in [2.24, 2.45) is 0 Å². The van der Waals surface area contributed by atoms with Crippen LogP contribution in [0.5, 0.6) is 0 Å². The second-order valence-corrected chi connectivity index (χ2v) is 14.3. The average molecular weight is 463 g/mol. The molecule has 0 fully saturated rings. The Morgan fingerprint density at radius 2 is 1.74 bits per heavy atom. The maximum Gasteiger partial charge on any atom is 0.333 e. The topological polar surface area (TPSA) is 65.0 Å². The van der Waals surface area contributed by atoms with E-state index in [1.165, 1.54) is 0 Å². The number of esters is 1. The first-order valence-electron chi connectivity index (χ1n) is 11.4. The fourth-order valence-electron chi connectivity index (χ4n) is 4.19. The highest BCUT2D eigenvalue weighted by Crippen LogP contribution is 2.46. The van der Waals surface area contributed by atoms with E-state index in [-0.39, 0.29) is 12.6 Å². The van der Waals surface area contributed by atoms with Crippen LogP contribution in [0.25, 0.3) is 0 Å². The highest BCUT2D eigenvalue weighted by molar-refractivity contribution is 6.81. The maximum absolute atomic E-state index is 11.6. The molecule has 172 valence electrons. The lowest BCUT2D eigenvalue weighted by Crippen LogP contribution is -2.48. The molecule has 0 amide bonds. The molecule has 31 heavy (non-hydrogen) atoms. The lowest BCUT2D eigenvalue weighted by Gasteiger charge is -2.43. The van der Waals surface area contributed by atoms with Gasteiger partial charge in [-0.25, -0.2) is 4.79 Å². The minimum Gasteiger partial charge on any atom is -0.462 e. The van der Waals surface area contributed by atoms with Gasteiger partial charge >= 0.3 is 5.97 Å². The number of carbonyl (C=O) groups excluding carboxylic acids is 1. The highest BCUT2D eigenvalue weighted by Gasteiger charge is 2.46. The van der Waals surface area contributed by atoms with Crippen LogP contribution >= 0.6 is 0 Å². The summed E-state index contributed by atoms with van der Waals surface area (Å²) in [5, 5.41) is 8.98. The van der Waals surface area contributed by atoms with E-state index in [1.54, 1.807) is 6.92 Å². The Bertz CT molecular complexity index is 653. The predicted octanol–water partition coefficient (Wildman–Crippen LogP) is 4.13. The molecule has 0 aromatic heterocycles. The van der Waals surface area contributed by atoms with Crippen molar-refractivity contribution in [3.63, 3.8) is 0 Å². The molecule has 2 unspecified atom stereocenters. The molecular formula is C24H38O5Si2. The van der Waals surface area contributed by atoms with E-state index < -0.39 is 18.1 Å². The molecule has 0 spiro atoms. The van der Waals surface area contributed by atoms with Crippen molar-refractivity contribution in [2.45, 2.75) is 55.8 Å². The van der Waals surface area contributed by atoms with Crippen molar-refractivity contribution in [1.82, 2.24) is 0 Å². The maximum atomic E-state index is 11.6. The smallest absolute Gasteiger partial charge is 0.333 e. The van der Waals surface area contributed by atoms with Crippen LogP contribution in [0, 0.1) is 0 Å². The molecule has 7 heteroatoms. The van der Waals surface area contributed by atoms with Crippen molar-refractivity contribution < 1.29 is 23.5 Å². The van der Waals surface area contributed by atoms with Crippen LogP contribution in [0.15, 0.2) is 60.8 Å². The van der Waals surface area contributed by atoms with Gasteiger partial charge in [0.1, 0.15) is 9.76 Å². The quantitative estimate of drug-likeness (QED) is 0.172. The number of rotatable bonds is 15. The summed E-state index contributed by atoms with van der Waals surface area (Å²) in [5.74, 6) is -0.313. The van der Waals surface area contributed by atoms with Gasteiger partial charge in [0.15, 0.2) is 8.32 Å². The van der Waals surface area contributed by atoms with E-state index in [1.807, 2.05) is 0 Å². The highest BCUT2D eigenvalue weighted by atomic mass is 28.4. The number of carbonyl (C=O) groups is 1. The zero-order valence-electron chi connectivity index (χ0n) is 18.8. The Kier molecular flexibility index (Phi) is 12.1. The number of aliphatic hydroxyl groups excluding tert-OH is 1. The van der Waals surface area contributed by atoms with E-state index in [4.69, 9.17) is 18.7 Å². The van der Waals surface area contributed by atoms with Crippen molar-refractivity contribution >= 4 is 24.0 Å². The molecular weight excluding hydrogens is 424 g/mol. The molecule has 0 saturated carbocycles. The van der Waals surface area contributed by atoms with Gasteiger partial charge in [0.05, 0.1) is 19.8 Å². The van der Waals surface area contributed by atoms with E-state index in [0.717, 1.165) is 37.8 Å². The first kappa shape index (κ1) is 25.7. The molecule has 0 bridgehead atoms. The van der Waals surface area contributed by atoms with Gasteiger partial charge in [-0.05, 0) is 55.8 Å². The summed E-state index contributed by atoms with van der Waals surface area (Å²) in [6, 6.07) is 2.06. The number of aliphatic hydroxyl groups is 1. The second-order valence-electron chi connectivity index (χ2n) is 8.18. The number of hydrogen-bond donors (Lipinski definition) is 1. The largest absolute Gasteiger partial charge is 0.462 e. The molecule has 2 rings (SSSR count). The zero-order chi connectivity index (χ0) is 22.4. The number of allylic oxidation sites excluding steroid dienone is 8. The molecule has 2 aliphatic carbocycles. The van der Waals surface area contributed by atoms with Gasteiger partial charge in [-0.3, -0.25) is 0 Å². The summed E-state index contributed by atoms with van der Waals surface area (Å²) < 4.78 is 17.8. The van der Waals surface area contributed by atoms with Crippen molar-refractivity contribution in [3.05, 3.63) is 60.8 Å². The third kappa shape index (κ3) is 8.50. The summed E-state index contributed by atoms with van der Waals surface area (Å²) in [6.45, 7) is 6.84. The fraction of sp³-hybridized carbons (Fsp3) is 0.542. The summed E-state index contributed by atoms with van der Waals surface area (Å²) >= 11 is 0. The van der Waals surface area contributed by atoms with Gasteiger partial charge < -0.3 is 18.7 Å². The van der Waals surface area contributed by atoms with Crippen LogP contribution in [0.3, 0.4) is 0 Å². The molecule has 0 heterocycles. The Balaban J connectivity index is 2.01. The summed E-state index contributed by atoms with van der Waals surface area (Å²) in [6.07, 6.45) is 21.7. The molecule has 0 aromatic rings. The molecule has 1 N–H and O–H groups in total. The third-order valence-corrected chi connectivity index (χ3v) is 14.1. The first-order valence-corrected chi connectivity index (χ1v) is 15.3. The Morgan fingerprint density at radius 3 is 2.29 bits per heavy atom. The van der Waals surface area contributed by atoms with E-state index >= 15 is 0 Å². The predicted molar refractivity (Wildman–Crippen MR) is 131 cm³/mol. The van der Waals surface area contributed by atoms with Crippen molar-refractivity contribution in [2.75, 3.05) is 26.4 Å². The number of hydrogen-bond acceptors (Lipinski definition) is 5. The average Bonchev–Trinajstić information content (AvgIpc) is 2.80. The molecule has 0 radical (unpaired) electrons. The number of ether oxygens (including phenoxy) is 2. The van der Waals surface area contributed by atoms with Gasteiger partial charge in [-0.2, -0.15) is 0 Å². The van der Waals surface area contributed by atoms with Gasteiger partial charge in [0, 0.05) is 12.2 Å². The summed E-state index contributed by atoms with van der Waals surface area (Å²) in [4.78, 5) is 11.6. The SMILES string of the molecule is C=C(C)C(=O)OCCC[SiH2]O[Si](CCCOCCO)(C1C=CC=CC1)C1C=CC=CC1. The van der Waals surface area contributed by atoms with Gasteiger partial charge in [0.2, 0.25) is 0 Å². The van der Waals surface area contributed by atoms with E-state index in [0.29, 0.717) is 36.5 Å². The van der Waals surface area contributed by atoms with Crippen LogP contribution in [0.2, 0.25) is 23.2 Å². The van der Waals surface area contributed by atoms with Crippen LogP contribution < -0.4 is 0 Å². The molecule has 2 atom stereocenters.